The Morgan fingerprint density at radius 3 is 2.50 bits per heavy atom. The summed E-state index contributed by atoms with van der Waals surface area (Å²) in [5, 5.41) is 2.98. The van der Waals surface area contributed by atoms with Crippen LogP contribution >= 0.6 is 0 Å². The van der Waals surface area contributed by atoms with Crippen LogP contribution in [0.4, 0.5) is 0 Å². The number of piperazine rings is 1. The van der Waals surface area contributed by atoms with Crippen molar-refractivity contribution in [1.29, 1.82) is 0 Å². The normalized spacial score (nSPS) is 19.5. The minimum absolute atomic E-state index is 0.0640. The van der Waals surface area contributed by atoms with Crippen LogP contribution < -0.4 is 5.32 Å². The summed E-state index contributed by atoms with van der Waals surface area (Å²) in [5.41, 5.74) is 1.64. The second-order valence-electron chi connectivity index (χ2n) is 7.56. The quantitative estimate of drug-likeness (QED) is 0.855. The Labute approximate surface area is 164 Å². The van der Waals surface area contributed by atoms with Crippen molar-refractivity contribution in [2.45, 2.75) is 25.3 Å². The molecule has 2 aliphatic heterocycles. The molecule has 2 fully saturated rings. The summed E-state index contributed by atoms with van der Waals surface area (Å²) in [5.74, 6) is 0.638. The second kappa shape index (κ2) is 7.31. The molecule has 1 aromatic carbocycles. The summed E-state index contributed by atoms with van der Waals surface area (Å²) in [6.45, 7) is 4.47. The number of nitrogens with one attached hydrogen (secondary N) is 1. The van der Waals surface area contributed by atoms with Gasteiger partial charge >= 0.3 is 0 Å². The highest BCUT2D eigenvalue weighted by atomic mass is 16.2. The molecule has 2 amide bonds. The fourth-order valence-electron chi connectivity index (χ4n) is 4.15. The first-order chi connectivity index (χ1) is 13.5. The van der Waals surface area contributed by atoms with Crippen molar-refractivity contribution in [3.8, 4) is 11.4 Å². The van der Waals surface area contributed by atoms with E-state index in [9.17, 15) is 9.59 Å². The molecule has 0 aliphatic carbocycles. The molecule has 3 heterocycles. The molecular formula is C21H25N5O2. The lowest BCUT2D eigenvalue weighted by Crippen LogP contribution is -2.67. The van der Waals surface area contributed by atoms with Crippen molar-refractivity contribution in [2.24, 2.45) is 0 Å². The highest BCUT2D eigenvalue weighted by Gasteiger charge is 2.47. The van der Waals surface area contributed by atoms with Crippen molar-refractivity contribution in [2.75, 3.05) is 33.2 Å². The Morgan fingerprint density at radius 1 is 1.14 bits per heavy atom. The second-order valence-corrected chi connectivity index (χ2v) is 7.56. The summed E-state index contributed by atoms with van der Waals surface area (Å²) in [4.78, 5) is 38.4. The number of carbonyl (C=O) groups excluding carboxylic acids is 2. The van der Waals surface area contributed by atoms with Crippen LogP contribution in [-0.2, 0) is 4.79 Å². The van der Waals surface area contributed by atoms with Crippen LogP contribution in [0.1, 0.15) is 28.9 Å². The van der Waals surface area contributed by atoms with Crippen molar-refractivity contribution >= 4 is 11.8 Å². The van der Waals surface area contributed by atoms with Gasteiger partial charge in [0.15, 0.2) is 5.82 Å². The molecule has 0 atom stereocenters. The van der Waals surface area contributed by atoms with Gasteiger partial charge in [-0.2, -0.15) is 0 Å². The van der Waals surface area contributed by atoms with Crippen molar-refractivity contribution in [1.82, 2.24) is 25.1 Å². The van der Waals surface area contributed by atoms with E-state index in [1.807, 2.05) is 49.2 Å². The van der Waals surface area contributed by atoms with Gasteiger partial charge in [0.2, 0.25) is 5.91 Å². The van der Waals surface area contributed by atoms with Gasteiger partial charge in [-0.15, -0.1) is 0 Å². The molecule has 0 unspecified atom stereocenters. The molecule has 1 aromatic heterocycles. The Kier molecular flexibility index (Phi) is 4.85. The number of likely N-dealkylation sites (tertiary alicyclic amines) is 1. The molecule has 0 bridgehead atoms. The fourth-order valence-corrected chi connectivity index (χ4v) is 4.15. The lowest BCUT2D eigenvalue weighted by molar-refractivity contribution is -0.139. The van der Waals surface area contributed by atoms with E-state index in [2.05, 4.69) is 20.2 Å². The lowest BCUT2D eigenvalue weighted by Gasteiger charge is -2.48. The monoisotopic (exact) mass is 379 g/mol. The van der Waals surface area contributed by atoms with Crippen LogP contribution in [0.2, 0.25) is 0 Å². The molecule has 1 N–H and O–H groups in total. The minimum Gasteiger partial charge on any atom is -0.353 e. The van der Waals surface area contributed by atoms with E-state index in [4.69, 9.17) is 0 Å². The van der Waals surface area contributed by atoms with E-state index in [0.29, 0.717) is 49.6 Å². The Balaban J connectivity index is 1.49. The number of benzene rings is 1. The van der Waals surface area contributed by atoms with Gasteiger partial charge < -0.3 is 10.2 Å². The zero-order valence-corrected chi connectivity index (χ0v) is 16.3. The highest BCUT2D eigenvalue weighted by molar-refractivity contribution is 5.95. The Bertz CT molecular complexity index is 891. The number of nitrogens with zero attached hydrogens (tertiary/aromatic N) is 4. The van der Waals surface area contributed by atoms with E-state index in [-0.39, 0.29) is 11.8 Å². The van der Waals surface area contributed by atoms with Gasteiger partial charge in [-0.25, -0.2) is 9.97 Å². The average molecular weight is 379 g/mol. The van der Waals surface area contributed by atoms with Gasteiger partial charge in [0.05, 0.1) is 11.3 Å². The van der Waals surface area contributed by atoms with E-state index in [0.717, 1.165) is 12.1 Å². The van der Waals surface area contributed by atoms with Crippen molar-refractivity contribution < 1.29 is 9.59 Å². The zero-order chi connectivity index (χ0) is 19.7. The molecule has 4 rings (SSSR count). The third-order valence-electron chi connectivity index (χ3n) is 6.01. The number of likely N-dealkylation sites (N-methyl/N-ethyl adjacent to an activating group) is 1. The van der Waals surface area contributed by atoms with Crippen LogP contribution in [-0.4, -0.2) is 70.3 Å². The number of hydrogen-bond acceptors (Lipinski definition) is 5. The maximum absolute atomic E-state index is 13.0. The summed E-state index contributed by atoms with van der Waals surface area (Å²) >= 11 is 0. The van der Waals surface area contributed by atoms with Gasteiger partial charge in [0.1, 0.15) is 5.54 Å². The molecular weight excluding hydrogens is 354 g/mol. The van der Waals surface area contributed by atoms with Crippen molar-refractivity contribution in [3.05, 3.63) is 47.8 Å². The van der Waals surface area contributed by atoms with E-state index in [1.54, 1.807) is 6.20 Å². The SMILES string of the molecule is Cc1nc(-c2ccccc2)ncc1C(=O)N1CCC2(CC1)C(=O)NCCN2C. The number of rotatable bonds is 2. The number of aryl methyl sites for hydroxylation is 1. The molecule has 0 saturated carbocycles. The number of aromatic nitrogens is 2. The van der Waals surface area contributed by atoms with Crippen LogP contribution in [0.15, 0.2) is 36.5 Å². The molecule has 2 aromatic rings. The number of amides is 2. The first-order valence-electron chi connectivity index (χ1n) is 9.69. The van der Waals surface area contributed by atoms with Crippen molar-refractivity contribution in [3.63, 3.8) is 0 Å². The predicted octanol–water partition coefficient (Wildman–Crippen LogP) is 1.49. The third-order valence-corrected chi connectivity index (χ3v) is 6.01. The number of hydrogen-bond donors (Lipinski definition) is 1. The average Bonchev–Trinajstić information content (AvgIpc) is 2.73. The van der Waals surface area contributed by atoms with E-state index in [1.165, 1.54) is 0 Å². The van der Waals surface area contributed by atoms with Crippen LogP contribution in [0.5, 0.6) is 0 Å². The molecule has 28 heavy (non-hydrogen) atoms. The predicted molar refractivity (Wildman–Crippen MR) is 106 cm³/mol. The molecule has 0 radical (unpaired) electrons. The fraction of sp³-hybridized carbons (Fsp3) is 0.429. The van der Waals surface area contributed by atoms with E-state index < -0.39 is 5.54 Å². The molecule has 7 nitrogen and oxygen atoms in total. The first-order valence-corrected chi connectivity index (χ1v) is 9.69. The first kappa shape index (κ1) is 18.6. The Hall–Kier alpha value is -2.80. The lowest BCUT2D eigenvalue weighted by atomic mass is 9.83. The molecule has 146 valence electrons. The molecule has 2 saturated heterocycles. The maximum atomic E-state index is 13.0. The summed E-state index contributed by atoms with van der Waals surface area (Å²) in [6.07, 6.45) is 2.91. The minimum atomic E-state index is -0.488. The van der Waals surface area contributed by atoms with E-state index >= 15 is 0 Å². The summed E-state index contributed by atoms with van der Waals surface area (Å²) in [6, 6.07) is 9.73. The maximum Gasteiger partial charge on any atom is 0.257 e. The number of piperidine rings is 1. The Morgan fingerprint density at radius 2 is 1.86 bits per heavy atom. The molecule has 2 aliphatic rings. The summed E-state index contributed by atoms with van der Waals surface area (Å²) < 4.78 is 0. The highest BCUT2D eigenvalue weighted by Crippen LogP contribution is 2.30. The van der Waals surface area contributed by atoms with Gasteiger partial charge in [0, 0.05) is 37.9 Å². The standard InChI is InChI=1S/C21H25N5O2/c1-15-17(14-23-18(24-15)16-6-4-3-5-7-16)19(27)26-11-8-21(9-12-26)20(28)22-10-13-25(21)2/h3-7,14H,8-13H2,1-2H3,(H,22,28). The number of carbonyl (C=O) groups is 2. The van der Waals surface area contributed by atoms with Gasteiger partial charge in [-0.1, -0.05) is 30.3 Å². The zero-order valence-electron chi connectivity index (χ0n) is 16.3. The largest absolute Gasteiger partial charge is 0.353 e. The topological polar surface area (TPSA) is 78.4 Å². The van der Waals surface area contributed by atoms with Crippen LogP contribution in [0, 0.1) is 6.92 Å². The van der Waals surface area contributed by atoms with Crippen LogP contribution in [0.3, 0.4) is 0 Å². The third kappa shape index (κ3) is 3.16. The van der Waals surface area contributed by atoms with Gasteiger partial charge in [-0.05, 0) is 26.8 Å². The summed E-state index contributed by atoms with van der Waals surface area (Å²) in [7, 11) is 2.00. The van der Waals surface area contributed by atoms with Gasteiger partial charge in [0.25, 0.3) is 5.91 Å². The molecule has 7 heteroatoms. The molecule has 1 spiro atoms. The van der Waals surface area contributed by atoms with Crippen LogP contribution in [0.25, 0.3) is 11.4 Å². The van der Waals surface area contributed by atoms with Gasteiger partial charge in [-0.3, -0.25) is 14.5 Å². The smallest absolute Gasteiger partial charge is 0.257 e.